The van der Waals surface area contributed by atoms with Crippen LogP contribution in [0.1, 0.15) is 40.0 Å². The number of ether oxygens (including phenoxy) is 1. The molecule has 21 heavy (non-hydrogen) atoms. The summed E-state index contributed by atoms with van der Waals surface area (Å²) in [6.45, 7) is 7.61. The van der Waals surface area contributed by atoms with Crippen molar-refractivity contribution in [3.63, 3.8) is 0 Å². The zero-order valence-electron chi connectivity index (χ0n) is 13.2. The Hall–Kier alpha value is -1.52. The van der Waals surface area contributed by atoms with Gasteiger partial charge in [0.1, 0.15) is 6.04 Å². The van der Waals surface area contributed by atoms with E-state index >= 15 is 0 Å². The zero-order valence-corrected chi connectivity index (χ0v) is 13.2. The summed E-state index contributed by atoms with van der Waals surface area (Å²) in [5, 5.41) is 6.79. The lowest BCUT2D eigenvalue weighted by Crippen LogP contribution is -2.45. The number of carbonyl (C=O) groups excluding carboxylic acids is 1. The van der Waals surface area contributed by atoms with Gasteiger partial charge >= 0.3 is 5.97 Å². The highest BCUT2D eigenvalue weighted by molar-refractivity contribution is 5.76. The van der Waals surface area contributed by atoms with Crippen LogP contribution in [0.4, 0.5) is 0 Å². The topological polar surface area (TPSA) is 87.1 Å². The Morgan fingerprint density at radius 3 is 3.05 bits per heavy atom. The highest BCUT2D eigenvalue weighted by atomic mass is 16.5. The van der Waals surface area contributed by atoms with Crippen LogP contribution >= 0.6 is 0 Å². The van der Waals surface area contributed by atoms with Gasteiger partial charge in [-0.3, -0.25) is 4.79 Å². The largest absolute Gasteiger partial charge is 0.465 e. The third-order valence-corrected chi connectivity index (χ3v) is 3.70. The molecule has 0 amide bonds. The molecule has 0 fully saturated rings. The molecule has 0 heterocycles. The minimum absolute atomic E-state index is 0.173. The summed E-state index contributed by atoms with van der Waals surface area (Å²) >= 11 is 0. The number of hydrogen-bond donors (Lipinski definition) is 1. The molecule has 0 spiro atoms. The number of azide groups is 1. The van der Waals surface area contributed by atoms with Crippen molar-refractivity contribution in [3.8, 4) is 0 Å². The van der Waals surface area contributed by atoms with Crippen LogP contribution in [0.2, 0.25) is 0 Å². The van der Waals surface area contributed by atoms with E-state index in [1.165, 1.54) is 5.57 Å². The predicted molar refractivity (Wildman–Crippen MR) is 82.7 cm³/mol. The predicted octanol–water partition coefficient (Wildman–Crippen LogP) is 3.20. The van der Waals surface area contributed by atoms with Crippen molar-refractivity contribution in [2.45, 2.75) is 46.1 Å². The summed E-state index contributed by atoms with van der Waals surface area (Å²) in [7, 11) is 0. The molecular formula is C15H26N4O2. The van der Waals surface area contributed by atoms with Crippen LogP contribution in [-0.4, -0.2) is 31.7 Å². The number of nitrogens with one attached hydrogen (secondary N) is 1. The number of esters is 1. The summed E-state index contributed by atoms with van der Waals surface area (Å²) in [4.78, 5) is 14.9. The molecule has 0 aromatic heterocycles. The average Bonchev–Trinajstić information content (AvgIpc) is 2.41. The first kappa shape index (κ1) is 17.5. The van der Waals surface area contributed by atoms with E-state index in [1.54, 1.807) is 0 Å². The monoisotopic (exact) mass is 294 g/mol. The molecule has 0 bridgehead atoms. The second-order valence-electron chi connectivity index (χ2n) is 5.68. The molecule has 0 saturated carbocycles. The maximum Gasteiger partial charge on any atom is 0.323 e. The Kier molecular flexibility index (Phi) is 7.87. The molecule has 0 radical (unpaired) electrons. The third kappa shape index (κ3) is 6.19. The van der Waals surface area contributed by atoms with E-state index in [2.05, 4.69) is 35.3 Å². The molecule has 6 nitrogen and oxygen atoms in total. The van der Waals surface area contributed by atoms with Gasteiger partial charge in [0.25, 0.3) is 0 Å². The zero-order chi connectivity index (χ0) is 15.7. The van der Waals surface area contributed by atoms with Gasteiger partial charge in [-0.25, -0.2) is 0 Å². The fourth-order valence-electron chi connectivity index (χ4n) is 2.98. The lowest BCUT2D eigenvalue weighted by Gasteiger charge is -2.31. The van der Waals surface area contributed by atoms with E-state index in [0.29, 0.717) is 25.6 Å². The average molecular weight is 294 g/mol. The number of allylic oxidation sites excluding steroid dienone is 2. The minimum Gasteiger partial charge on any atom is -0.465 e. The fourth-order valence-corrected chi connectivity index (χ4v) is 2.98. The van der Waals surface area contributed by atoms with Gasteiger partial charge in [-0.05, 0) is 57.0 Å². The molecule has 118 valence electrons. The number of nitrogens with zero attached hydrogens (tertiary/aromatic N) is 3. The summed E-state index contributed by atoms with van der Waals surface area (Å²) in [5.41, 5.74) is 9.59. The van der Waals surface area contributed by atoms with Crippen LogP contribution in [0.15, 0.2) is 16.8 Å². The fraction of sp³-hybridized carbons (Fsp3) is 0.800. The minimum atomic E-state index is -0.276. The molecule has 6 heteroatoms. The van der Waals surface area contributed by atoms with Gasteiger partial charge in [0.05, 0.1) is 6.61 Å². The maximum atomic E-state index is 12.2. The first-order valence-electron chi connectivity index (χ1n) is 7.66. The lowest BCUT2D eigenvalue weighted by atomic mass is 9.79. The van der Waals surface area contributed by atoms with Crippen molar-refractivity contribution in [2.75, 3.05) is 19.7 Å². The lowest BCUT2D eigenvalue weighted by molar-refractivity contribution is -0.147. The Morgan fingerprint density at radius 1 is 1.67 bits per heavy atom. The Balaban J connectivity index is 2.61. The van der Waals surface area contributed by atoms with E-state index in [-0.39, 0.29) is 17.9 Å². The number of carbonyl (C=O) groups is 1. The molecule has 1 rings (SSSR count). The van der Waals surface area contributed by atoms with Crippen molar-refractivity contribution >= 4 is 5.97 Å². The van der Waals surface area contributed by atoms with Crippen LogP contribution < -0.4 is 5.32 Å². The van der Waals surface area contributed by atoms with Crippen LogP contribution in [0.3, 0.4) is 0 Å². The van der Waals surface area contributed by atoms with E-state index in [1.807, 2.05) is 6.92 Å². The molecule has 3 unspecified atom stereocenters. The second-order valence-corrected chi connectivity index (χ2v) is 5.68. The standard InChI is InChI=1S/C15H26N4O2/c1-4-21-15(20)14(17-6-5-7-18-19-16)13-9-11(2)8-12(3)10-13/h8,11,13-14,17H,4-7,9-10H2,1-3H3. The van der Waals surface area contributed by atoms with Gasteiger partial charge in [-0.1, -0.05) is 23.7 Å². The SMILES string of the molecule is CCOC(=O)C(NCCCN=[N+]=[N-])C1CC(C)=CC(C)C1. The normalized spacial score (nSPS) is 22.9. The van der Waals surface area contributed by atoms with E-state index in [9.17, 15) is 4.79 Å². The molecule has 0 aliphatic heterocycles. The van der Waals surface area contributed by atoms with Crippen molar-refractivity contribution in [2.24, 2.45) is 17.0 Å². The first-order chi connectivity index (χ1) is 10.1. The number of rotatable bonds is 8. The second kappa shape index (κ2) is 9.42. The summed E-state index contributed by atoms with van der Waals surface area (Å²) in [5.74, 6) is 0.586. The summed E-state index contributed by atoms with van der Waals surface area (Å²) in [6.07, 6.45) is 4.92. The Labute approximate surface area is 126 Å². The van der Waals surface area contributed by atoms with Gasteiger partial charge in [0.2, 0.25) is 0 Å². The molecule has 0 saturated heterocycles. The van der Waals surface area contributed by atoms with E-state index < -0.39 is 0 Å². The van der Waals surface area contributed by atoms with Crippen molar-refractivity contribution in [3.05, 3.63) is 22.1 Å². The first-order valence-corrected chi connectivity index (χ1v) is 7.66. The van der Waals surface area contributed by atoms with E-state index in [4.69, 9.17) is 10.3 Å². The van der Waals surface area contributed by atoms with Crippen LogP contribution in [-0.2, 0) is 9.53 Å². The highest BCUT2D eigenvalue weighted by Gasteiger charge is 2.31. The summed E-state index contributed by atoms with van der Waals surface area (Å²) < 4.78 is 5.20. The molecule has 3 atom stereocenters. The van der Waals surface area contributed by atoms with Crippen molar-refractivity contribution in [1.82, 2.24) is 5.32 Å². The Bertz CT molecular complexity index is 416. The Morgan fingerprint density at radius 2 is 2.43 bits per heavy atom. The van der Waals surface area contributed by atoms with Crippen LogP contribution in [0, 0.1) is 11.8 Å². The van der Waals surface area contributed by atoms with Crippen molar-refractivity contribution < 1.29 is 9.53 Å². The maximum absolute atomic E-state index is 12.2. The van der Waals surface area contributed by atoms with E-state index in [0.717, 1.165) is 19.3 Å². The molecular weight excluding hydrogens is 268 g/mol. The van der Waals surface area contributed by atoms with Gasteiger partial charge in [-0.15, -0.1) is 0 Å². The van der Waals surface area contributed by atoms with Gasteiger partial charge in [0, 0.05) is 11.5 Å². The molecule has 0 aromatic carbocycles. The molecule has 1 aliphatic rings. The molecule has 1 aliphatic carbocycles. The summed E-state index contributed by atoms with van der Waals surface area (Å²) in [6, 6.07) is -0.276. The van der Waals surface area contributed by atoms with Gasteiger partial charge < -0.3 is 10.1 Å². The van der Waals surface area contributed by atoms with Crippen LogP contribution in [0.5, 0.6) is 0 Å². The smallest absolute Gasteiger partial charge is 0.323 e. The molecule has 1 N–H and O–H groups in total. The molecule has 0 aromatic rings. The van der Waals surface area contributed by atoms with Gasteiger partial charge in [0.15, 0.2) is 0 Å². The number of hydrogen-bond acceptors (Lipinski definition) is 4. The highest BCUT2D eigenvalue weighted by Crippen LogP contribution is 2.30. The van der Waals surface area contributed by atoms with Crippen molar-refractivity contribution in [1.29, 1.82) is 0 Å². The quantitative estimate of drug-likeness (QED) is 0.186. The van der Waals surface area contributed by atoms with Gasteiger partial charge in [-0.2, -0.15) is 0 Å². The third-order valence-electron chi connectivity index (χ3n) is 3.70. The van der Waals surface area contributed by atoms with Crippen LogP contribution in [0.25, 0.3) is 10.4 Å².